The van der Waals surface area contributed by atoms with Crippen LogP contribution in [0, 0.1) is 12.8 Å². The Morgan fingerprint density at radius 3 is 2.83 bits per heavy atom. The van der Waals surface area contributed by atoms with Crippen LogP contribution in [0.3, 0.4) is 0 Å². The van der Waals surface area contributed by atoms with E-state index in [-0.39, 0.29) is 11.8 Å². The molecule has 0 radical (unpaired) electrons. The molecule has 35 heavy (non-hydrogen) atoms. The van der Waals surface area contributed by atoms with Crippen LogP contribution in [0.15, 0.2) is 53.1 Å². The van der Waals surface area contributed by atoms with Crippen molar-refractivity contribution in [2.24, 2.45) is 5.92 Å². The number of ether oxygens (including phenoxy) is 1. The third-order valence-electron chi connectivity index (χ3n) is 6.48. The highest BCUT2D eigenvalue weighted by Gasteiger charge is 2.28. The molecular formula is C27H35N5O3. The number of benzene rings is 2. The molecule has 2 heterocycles. The highest BCUT2D eigenvalue weighted by Crippen LogP contribution is 2.26. The Morgan fingerprint density at radius 1 is 1.26 bits per heavy atom. The Hall–Kier alpha value is -3.55. The van der Waals surface area contributed by atoms with Gasteiger partial charge in [0.05, 0.1) is 13.0 Å². The monoisotopic (exact) mass is 477 g/mol. The second kappa shape index (κ2) is 11.7. The van der Waals surface area contributed by atoms with Gasteiger partial charge in [0.1, 0.15) is 5.75 Å². The van der Waals surface area contributed by atoms with Crippen molar-refractivity contribution in [1.29, 1.82) is 0 Å². The van der Waals surface area contributed by atoms with Crippen LogP contribution in [-0.2, 0) is 4.79 Å². The minimum absolute atomic E-state index is 0.0841. The first kappa shape index (κ1) is 24.6. The number of amides is 1. The average Bonchev–Trinajstić information content (AvgIpc) is 3.39. The predicted octanol–water partition coefficient (Wildman–Crippen LogP) is 4.30. The number of nitrogens with zero attached hydrogens (tertiary/aromatic N) is 4. The maximum absolute atomic E-state index is 12.9. The summed E-state index contributed by atoms with van der Waals surface area (Å²) in [6.45, 7) is 8.18. The topological polar surface area (TPSA) is 83.7 Å². The molecule has 1 amide bonds. The largest absolute Gasteiger partial charge is 0.497 e. The van der Waals surface area contributed by atoms with Gasteiger partial charge in [0.15, 0.2) is 0 Å². The van der Waals surface area contributed by atoms with E-state index in [0.717, 1.165) is 50.2 Å². The van der Waals surface area contributed by atoms with Crippen molar-refractivity contribution in [3.8, 4) is 17.1 Å². The molecule has 1 saturated heterocycles. The van der Waals surface area contributed by atoms with Gasteiger partial charge in [0, 0.05) is 44.0 Å². The number of aryl methyl sites for hydroxylation is 1. The molecule has 1 aliphatic rings. The Kier molecular flexibility index (Phi) is 8.23. The van der Waals surface area contributed by atoms with E-state index >= 15 is 0 Å². The molecule has 1 atom stereocenters. The molecule has 2 aromatic carbocycles. The lowest BCUT2D eigenvalue weighted by atomic mass is 9.97. The zero-order valence-electron chi connectivity index (χ0n) is 20.9. The molecule has 8 heteroatoms. The molecule has 186 valence electrons. The van der Waals surface area contributed by atoms with Gasteiger partial charge < -0.3 is 24.4 Å². The number of rotatable bonds is 10. The van der Waals surface area contributed by atoms with Gasteiger partial charge in [-0.05, 0) is 75.1 Å². The number of carbonyl (C=O) groups is 1. The lowest BCUT2D eigenvalue weighted by Gasteiger charge is -2.30. The molecule has 0 bridgehead atoms. The van der Waals surface area contributed by atoms with Crippen molar-refractivity contribution in [1.82, 2.24) is 15.5 Å². The minimum Gasteiger partial charge on any atom is -0.497 e. The zero-order valence-corrected chi connectivity index (χ0v) is 20.9. The lowest BCUT2D eigenvalue weighted by Crippen LogP contribution is -2.43. The molecule has 1 aromatic heterocycles. The van der Waals surface area contributed by atoms with E-state index in [9.17, 15) is 4.79 Å². The molecule has 4 rings (SSSR count). The summed E-state index contributed by atoms with van der Waals surface area (Å²) in [6, 6.07) is 16.5. The maximum atomic E-state index is 12.9. The van der Waals surface area contributed by atoms with E-state index in [1.165, 1.54) is 11.3 Å². The van der Waals surface area contributed by atoms with E-state index in [0.29, 0.717) is 24.9 Å². The summed E-state index contributed by atoms with van der Waals surface area (Å²) in [5.41, 5.74) is 3.35. The van der Waals surface area contributed by atoms with Crippen molar-refractivity contribution in [3.05, 3.63) is 54.1 Å². The highest BCUT2D eigenvalue weighted by atomic mass is 16.5. The fraction of sp³-hybridized carbons (Fsp3) is 0.444. The van der Waals surface area contributed by atoms with Crippen LogP contribution in [0.4, 0.5) is 11.7 Å². The van der Waals surface area contributed by atoms with Crippen LogP contribution < -0.4 is 19.9 Å². The van der Waals surface area contributed by atoms with Crippen LogP contribution in [0.1, 0.15) is 31.7 Å². The average molecular weight is 478 g/mol. The standard InChI is InChI=1S/C27H35N5O3/c1-4-31(23-10-5-8-20(2)18-23)17-7-15-28-26(33)22-9-6-16-32(19-22)27-29-25(30-35-27)21-11-13-24(34-3)14-12-21/h5,8,10-14,18,22H,4,6-7,9,15-17,19H2,1-3H3,(H,28,33). The number of methoxy groups -OCH3 is 1. The Labute approximate surface area is 207 Å². The number of nitrogens with one attached hydrogen (secondary N) is 1. The van der Waals surface area contributed by atoms with Gasteiger partial charge >= 0.3 is 6.01 Å². The van der Waals surface area contributed by atoms with Gasteiger partial charge in [-0.2, -0.15) is 4.98 Å². The van der Waals surface area contributed by atoms with Crippen LogP contribution in [-0.4, -0.2) is 55.9 Å². The van der Waals surface area contributed by atoms with E-state index < -0.39 is 0 Å². The van der Waals surface area contributed by atoms with E-state index in [1.54, 1.807) is 7.11 Å². The van der Waals surface area contributed by atoms with E-state index in [4.69, 9.17) is 9.26 Å². The Bertz CT molecular complexity index is 1100. The first-order chi connectivity index (χ1) is 17.1. The molecular weight excluding hydrogens is 442 g/mol. The van der Waals surface area contributed by atoms with Gasteiger partial charge in [0.25, 0.3) is 0 Å². The van der Waals surface area contributed by atoms with Gasteiger partial charge in [-0.15, -0.1) is 0 Å². The second-order valence-electron chi connectivity index (χ2n) is 8.98. The van der Waals surface area contributed by atoms with Crippen molar-refractivity contribution in [2.45, 2.75) is 33.1 Å². The quantitative estimate of drug-likeness (QED) is 0.436. The summed E-state index contributed by atoms with van der Waals surface area (Å²) in [6.07, 6.45) is 2.68. The number of anilines is 2. The molecule has 1 unspecified atom stereocenters. The lowest BCUT2D eigenvalue weighted by molar-refractivity contribution is -0.125. The molecule has 3 aromatic rings. The maximum Gasteiger partial charge on any atom is 0.324 e. The fourth-order valence-electron chi connectivity index (χ4n) is 4.49. The SMILES string of the molecule is CCN(CCCNC(=O)C1CCCN(c2nc(-c3ccc(OC)cc3)no2)C1)c1cccc(C)c1. The van der Waals surface area contributed by atoms with Crippen LogP contribution >= 0.6 is 0 Å². The first-order valence-electron chi connectivity index (χ1n) is 12.4. The van der Waals surface area contributed by atoms with Gasteiger partial charge in [0.2, 0.25) is 11.7 Å². The summed E-state index contributed by atoms with van der Waals surface area (Å²) < 4.78 is 10.7. The molecule has 1 aliphatic heterocycles. The second-order valence-corrected chi connectivity index (χ2v) is 8.98. The summed E-state index contributed by atoms with van der Waals surface area (Å²) in [4.78, 5) is 21.8. The minimum atomic E-state index is -0.0841. The number of aromatic nitrogens is 2. The summed E-state index contributed by atoms with van der Waals surface area (Å²) in [7, 11) is 1.63. The van der Waals surface area contributed by atoms with Crippen LogP contribution in [0.25, 0.3) is 11.4 Å². The third-order valence-corrected chi connectivity index (χ3v) is 6.48. The van der Waals surface area contributed by atoms with Crippen molar-refractivity contribution in [2.75, 3.05) is 49.6 Å². The summed E-state index contributed by atoms with van der Waals surface area (Å²) >= 11 is 0. The number of carbonyl (C=O) groups excluding carboxylic acids is 1. The Balaban J connectivity index is 1.26. The summed E-state index contributed by atoms with van der Waals surface area (Å²) in [5, 5.41) is 7.27. The van der Waals surface area contributed by atoms with E-state index in [1.807, 2.05) is 29.2 Å². The van der Waals surface area contributed by atoms with E-state index in [2.05, 4.69) is 58.5 Å². The molecule has 0 saturated carbocycles. The van der Waals surface area contributed by atoms with Crippen LogP contribution in [0.5, 0.6) is 5.75 Å². The van der Waals surface area contributed by atoms with Crippen molar-refractivity contribution < 1.29 is 14.1 Å². The number of hydrogen-bond donors (Lipinski definition) is 1. The van der Waals surface area contributed by atoms with Gasteiger partial charge in [-0.25, -0.2) is 0 Å². The van der Waals surface area contributed by atoms with Gasteiger partial charge in [-0.1, -0.05) is 17.3 Å². The number of hydrogen-bond acceptors (Lipinski definition) is 7. The normalized spacial score (nSPS) is 15.6. The smallest absolute Gasteiger partial charge is 0.324 e. The first-order valence-corrected chi connectivity index (χ1v) is 12.4. The van der Waals surface area contributed by atoms with Crippen LogP contribution in [0.2, 0.25) is 0 Å². The predicted molar refractivity (Wildman–Crippen MR) is 138 cm³/mol. The van der Waals surface area contributed by atoms with Crippen molar-refractivity contribution >= 4 is 17.6 Å². The number of piperidine rings is 1. The third kappa shape index (κ3) is 6.32. The molecule has 1 N–H and O–H groups in total. The fourth-order valence-corrected chi connectivity index (χ4v) is 4.49. The Morgan fingerprint density at radius 2 is 2.09 bits per heavy atom. The zero-order chi connectivity index (χ0) is 24.6. The highest BCUT2D eigenvalue weighted by molar-refractivity contribution is 5.79. The van der Waals surface area contributed by atoms with Crippen molar-refractivity contribution in [3.63, 3.8) is 0 Å². The molecule has 1 fully saturated rings. The summed E-state index contributed by atoms with van der Waals surface area (Å²) in [5.74, 6) is 1.32. The van der Waals surface area contributed by atoms with Gasteiger partial charge in [-0.3, -0.25) is 4.79 Å². The molecule has 8 nitrogen and oxygen atoms in total. The molecule has 0 spiro atoms. The molecule has 0 aliphatic carbocycles.